The minimum Gasteiger partial charge on any atom is -0.437 e. The maximum absolute atomic E-state index is 13.8. The first kappa shape index (κ1) is 18.7. The molecule has 5 nitrogen and oxygen atoms in total. The summed E-state index contributed by atoms with van der Waals surface area (Å²) < 4.78 is 71.3. The molecule has 2 N–H and O–H groups in total. The molecule has 0 aliphatic rings. The van der Waals surface area contributed by atoms with Gasteiger partial charge in [-0.15, -0.1) is 0 Å². The lowest BCUT2D eigenvalue weighted by Gasteiger charge is -2.12. The number of rotatable bonds is 4. The predicted octanol–water partition coefficient (Wildman–Crippen LogP) is 5.79. The van der Waals surface area contributed by atoms with Crippen molar-refractivity contribution in [2.24, 2.45) is 0 Å². The van der Waals surface area contributed by atoms with Gasteiger partial charge >= 0.3 is 6.18 Å². The van der Waals surface area contributed by atoms with Gasteiger partial charge in [0.1, 0.15) is 22.8 Å². The lowest BCUT2D eigenvalue weighted by Crippen LogP contribution is -2.04. The summed E-state index contributed by atoms with van der Waals surface area (Å²) in [7, 11) is 0. The molecule has 0 amide bonds. The molecule has 148 valence electrons. The quantitative estimate of drug-likeness (QED) is 0.421. The summed E-state index contributed by atoms with van der Waals surface area (Å²) in [6, 6.07) is 9.23. The number of hydrogen-bond donors (Lipinski definition) is 2. The van der Waals surface area contributed by atoms with Crippen molar-refractivity contribution in [1.29, 1.82) is 0 Å². The zero-order valence-electron chi connectivity index (χ0n) is 14.4. The Hall–Kier alpha value is -3.69. The number of pyridine rings is 1. The van der Waals surface area contributed by atoms with Crippen LogP contribution in [0.2, 0.25) is 0 Å². The van der Waals surface area contributed by atoms with Crippen LogP contribution in [-0.2, 0) is 6.18 Å². The van der Waals surface area contributed by atoms with Crippen LogP contribution in [0.1, 0.15) is 5.56 Å². The second kappa shape index (κ2) is 7.04. The van der Waals surface area contributed by atoms with Crippen LogP contribution in [0.25, 0.3) is 11.0 Å². The predicted molar refractivity (Wildman–Crippen MR) is 95.0 cm³/mol. The Morgan fingerprint density at radius 2 is 1.83 bits per heavy atom. The van der Waals surface area contributed by atoms with E-state index in [1.807, 2.05) is 0 Å². The summed E-state index contributed by atoms with van der Waals surface area (Å²) in [5.41, 5.74) is -0.549. The van der Waals surface area contributed by atoms with Crippen LogP contribution in [0.4, 0.5) is 33.6 Å². The molecule has 2 aromatic carbocycles. The van der Waals surface area contributed by atoms with Gasteiger partial charge in [0, 0.05) is 12.3 Å². The number of H-pyrrole nitrogens is 1. The Bertz CT molecular complexity index is 1190. The molecule has 0 spiro atoms. The maximum Gasteiger partial charge on any atom is 0.416 e. The second-order valence-corrected chi connectivity index (χ2v) is 5.98. The van der Waals surface area contributed by atoms with Crippen LogP contribution in [0.15, 0.2) is 54.7 Å². The molecule has 2 aromatic heterocycles. The number of hydrogen-bond acceptors (Lipinski definition) is 4. The van der Waals surface area contributed by atoms with E-state index in [2.05, 4.69) is 20.3 Å². The molecule has 29 heavy (non-hydrogen) atoms. The van der Waals surface area contributed by atoms with Crippen molar-refractivity contribution in [3.8, 4) is 11.6 Å². The first-order valence-corrected chi connectivity index (χ1v) is 8.21. The molecule has 10 heteroatoms. The largest absolute Gasteiger partial charge is 0.437 e. The minimum absolute atomic E-state index is 0.0288. The molecule has 0 atom stereocenters. The summed E-state index contributed by atoms with van der Waals surface area (Å²) in [6.45, 7) is 0. The zero-order chi connectivity index (χ0) is 20.6. The third-order valence-electron chi connectivity index (χ3n) is 3.90. The van der Waals surface area contributed by atoms with Crippen molar-refractivity contribution in [1.82, 2.24) is 15.0 Å². The van der Waals surface area contributed by atoms with Gasteiger partial charge < -0.3 is 15.0 Å². The highest BCUT2D eigenvalue weighted by Crippen LogP contribution is 2.34. The van der Waals surface area contributed by atoms with Gasteiger partial charge in [-0.25, -0.2) is 18.7 Å². The smallest absolute Gasteiger partial charge is 0.416 e. The van der Waals surface area contributed by atoms with Crippen LogP contribution in [0, 0.1) is 11.6 Å². The average molecular weight is 406 g/mol. The van der Waals surface area contributed by atoms with Crippen molar-refractivity contribution < 1.29 is 26.7 Å². The van der Waals surface area contributed by atoms with Crippen molar-refractivity contribution in [2.75, 3.05) is 5.32 Å². The van der Waals surface area contributed by atoms with E-state index >= 15 is 0 Å². The number of halogens is 5. The lowest BCUT2D eigenvalue weighted by molar-refractivity contribution is -0.137. The molecule has 4 aromatic rings. The molecule has 4 rings (SSSR count). The fourth-order valence-electron chi connectivity index (χ4n) is 2.64. The van der Waals surface area contributed by atoms with E-state index in [4.69, 9.17) is 4.74 Å². The number of ether oxygens (including phenoxy) is 1. The van der Waals surface area contributed by atoms with E-state index in [9.17, 15) is 22.0 Å². The van der Waals surface area contributed by atoms with Crippen LogP contribution in [-0.4, -0.2) is 15.0 Å². The highest BCUT2D eigenvalue weighted by molar-refractivity contribution is 5.79. The van der Waals surface area contributed by atoms with Crippen LogP contribution in [0.3, 0.4) is 0 Å². The van der Waals surface area contributed by atoms with Crippen LogP contribution < -0.4 is 10.1 Å². The number of fused-ring (bicyclic) bond motifs is 1. The summed E-state index contributed by atoms with van der Waals surface area (Å²) in [4.78, 5) is 10.7. The Labute approximate surface area is 160 Å². The molecule has 0 saturated heterocycles. The molecule has 0 bridgehead atoms. The first-order valence-electron chi connectivity index (χ1n) is 8.21. The lowest BCUT2D eigenvalue weighted by atomic mass is 10.2. The van der Waals surface area contributed by atoms with Gasteiger partial charge in [-0.2, -0.15) is 13.2 Å². The van der Waals surface area contributed by atoms with E-state index in [0.29, 0.717) is 6.07 Å². The van der Waals surface area contributed by atoms with Gasteiger partial charge in [-0.3, -0.25) is 0 Å². The summed E-state index contributed by atoms with van der Waals surface area (Å²) in [6.07, 6.45) is -3.13. The van der Waals surface area contributed by atoms with E-state index in [-0.39, 0.29) is 34.3 Å². The third kappa shape index (κ3) is 3.96. The summed E-state index contributed by atoms with van der Waals surface area (Å²) in [5, 5.41) is 2.81. The van der Waals surface area contributed by atoms with Crippen molar-refractivity contribution >= 4 is 22.7 Å². The topological polar surface area (TPSA) is 62.8 Å². The van der Waals surface area contributed by atoms with Crippen LogP contribution >= 0.6 is 0 Å². The Balaban J connectivity index is 1.63. The number of benzene rings is 2. The van der Waals surface area contributed by atoms with E-state index in [1.54, 1.807) is 12.1 Å². The minimum atomic E-state index is -4.52. The molecular weight excluding hydrogens is 395 g/mol. The van der Waals surface area contributed by atoms with Gasteiger partial charge in [-0.05, 0) is 36.4 Å². The first-order chi connectivity index (χ1) is 13.8. The standard InChI is InChI=1S/C19H11F5N4O/c20-11-8-13(21)16-15(9-11)27-18(28-16)26-14-5-2-6-25-17(14)29-12-4-1-3-10(7-12)19(22,23)24/h1-9H,(H2,26,27,28). The number of aromatic amines is 1. The second-order valence-electron chi connectivity index (χ2n) is 5.98. The van der Waals surface area contributed by atoms with Gasteiger partial charge in [0.05, 0.1) is 11.1 Å². The highest BCUT2D eigenvalue weighted by atomic mass is 19.4. The van der Waals surface area contributed by atoms with Crippen molar-refractivity contribution in [3.63, 3.8) is 0 Å². The molecule has 0 fully saturated rings. The fourth-order valence-corrected chi connectivity index (χ4v) is 2.64. The molecule has 0 radical (unpaired) electrons. The van der Waals surface area contributed by atoms with E-state index in [0.717, 1.165) is 18.2 Å². The average Bonchev–Trinajstić information content (AvgIpc) is 3.06. The summed E-state index contributed by atoms with van der Waals surface area (Å²) >= 11 is 0. The number of imidazole rings is 1. The Kier molecular flexibility index (Phi) is 4.53. The molecule has 0 aliphatic carbocycles. The van der Waals surface area contributed by atoms with Gasteiger partial charge in [0.25, 0.3) is 0 Å². The zero-order valence-corrected chi connectivity index (χ0v) is 14.4. The normalized spacial score (nSPS) is 11.6. The number of aromatic nitrogens is 3. The fraction of sp³-hybridized carbons (Fsp3) is 0.0526. The van der Waals surface area contributed by atoms with E-state index < -0.39 is 23.4 Å². The van der Waals surface area contributed by atoms with Crippen LogP contribution in [0.5, 0.6) is 11.6 Å². The maximum atomic E-state index is 13.8. The summed E-state index contributed by atoms with van der Waals surface area (Å²) in [5.74, 6) is -1.62. The molecule has 0 saturated carbocycles. The monoisotopic (exact) mass is 406 g/mol. The van der Waals surface area contributed by atoms with Crippen molar-refractivity contribution in [3.05, 3.63) is 71.9 Å². The number of nitrogens with one attached hydrogen (secondary N) is 2. The van der Waals surface area contributed by atoms with Gasteiger partial charge in [-0.1, -0.05) is 6.07 Å². The molecule has 0 unspecified atom stereocenters. The van der Waals surface area contributed by atoms with E-state index in [1.165, 1.54) is 18.3 Å². The molecular formula is C19H11F5N4O. The molecule has 0 aliphatic heterocycles. The third-order valence-corrected chi connectivity index (χ3v) is 3.90. The Morgan fingerprint density at radius 1 is 1.00 bits per heavy atom. The van der Waals surface area contributed by atoms with Gasteiger partial charge in [0.2, 0.25) is 11.8 Å². The number of anilines is 2. The van der Waals surface area contributed by atoms with Crippen molar-refractivity contribution in [2.45, 2.75) is 6.18 Å². The highest BCUT2D eigenvalue weighted by Gasteiger charge is 2.30. The Morgan fingerprint density at radius 3 is 2.62 bits per heavy atom. The molecule has 2 heterocycles. The number of nitrogens with zero attached hydrogens (tertiary/aromatic N) is 2. The van der Waals surface area contributed by atoms with Gasteiger partial charge in [0.15, 0.2) is 5.82 Å². The number of alkyl halides is 3. The SMILES string of the molecule is Fc1cc(F)c2nc(Nc3cccnc3Oc3cccc(C(F)(F)F)c3)[nH]c2c1.